The first-order valence-electron chi connectivity index (χ1n) is 7.22. The number of anilines is 1. The largest absolute Gasteiger partial charge is 0.495 e. The number of ether oxygens (including phenoxy) is 1. The Labute approximate surface area is 131 Å². The summed E-state index contributed by atoms with van der Waals surface area (Å²) in [5, 5.41) is 2.86. The van der Waals surface area contributed by atoms with E-state index in [1.807, 2.05) is 19.1 Å². The number of nitrogens with one attached hydrogen (secondary N) is 1. The van der Waals surface area contributed by atoms with Crippen molar-refractivity contribution >= 4 is 21.6 Å². The van der Waals surface area contributed by atoms with Gasteiger partial charge in [-0.25, -0.2) is 12.7 Å². The van der Waals surface area contributed by atoms with Crippen LogP contribution in [0.15, 0.2) is 18.2 Å². The van der Waals surface area contributed by atoms with Crippen molar-refractivity contribution < 1.29 is 17.9 Å². The first-order valence-corrected chi connectivity index (χ1v) is 9.06. The molecular weight excluding hydrogens is 304 g/mol. The molecule has 0 saturated carbocycles. The normalized spacial score (nSPS) is 19.7. The molecule has 1 atom stereocenters. The molecule has 1 fully saturated rings. The van der Waals surface area contributed by atoms with Gasteiger partial charge >= 0.3 is 0 Å². The van der Waals surface area contributed by atoms with E-state index >= 15 is 0 Å². The number of methoxy groups -OCH3 is 1. The number of rotatable bonds is 4. The smallest absolute Gasteiger partial charge is 0.228 e. The Kier molecular flexibility index (Phi) is 5.08. The summed E-state index contributed by atoms with van der Waals surface area (Å²) in [6.07, 6.45) is 2.55. The van der Waals surface area contributed by atoms with Gasteiger partial charge in [0.15, 0.2) is 0 Å². The minimum absolute atomic E-state index is 0.169. The van der Waals surface area contributed by atoms with Crippen molar-refractivity contribution in [1.82, 2.24) is 4.31 Å². The van der Waals surface area contributed by atoms with Crippen LogP contribution >= 0.6 is 0 Å². The highest BCUT2D eigenvalue weighted by Crippen LogP contribution is 2.27. The lowest BCUT2D eigenvalue weighted by Crippen LogP contribution is -2.43. The van der Waals surface area contributed by atoms with Crippen molar-refractivity contribution in [2.45, 2.75) is 19.8 Å². The lowest BCUT2D eigenvalue weighted by atomic mass is 9.98. The van der Waals surface area contributed by atoms with E-state index in [2.05, 4.69) is 5.32 Å². The zero-order valence-electron chi connectivity index (χ0n) is 13.1. The van der Waals surface area contributed by atoms with Gasteiger partial charge in [0.1, 0.15) is 5.75 Å². The average molecular weight is 326 g/mol. The second kappa shape index (κ2) is 6.66. The number of hydrogen-bond acceptors (Lipinski definition) is 4. The van der Waals surface area contributed by atoms with Crippen LogP contribution in [0.2, 0.25) is 0 Å². The Balaban J connectivity index is 2.11. The molecule has 1 heterocycles. The standard InChI is InChI=1S/C15H22N2O4S/c1-11-6-7-14(21-2)13(9-11)16-15(18)12-5-4-8-17(10-12)22(3,19)20/h6-7,9,12H,4-5,8,10H2,1-3H3,(H,16,18)/t12-/m1/s1. The molecule has 0 bridgehead atoms. The van der Waals surface area contributed by atoms with E-state index in [4.69, 9.17) is 4.74 Å². The van der Waals surface area contributed by atoms with Crippen molar-refractivity contribution in [3.05, 3.63) is 23.8 Å². The van der Waals surface area contributed by atoms with Gasteiger partial charge in [0, 0.05) is 13.1 Å². The van der Waals surface area contributed by atoms with Crippen LogP contribution in [0.5, 0.6) is 5.75 Å². The average Bonchev–Trinajstić information content (AvgIpc) is 2.47. The molecule has 0 spiro atoms. The summed E-state index contributed by atoms with van der Waals surface area (Å²) < 4.78 is 29.9. The molecule has 1 aliphatic rings. The SMILES string of the molecule is COc1ccc(C)cc1NC(=O)[C@@H]1CCCN(S(C)(=O)=O)C1. The van der Waals surface area contributed by atoms with Gasteiger partial charge < -0.3 is 10.1 Å². The van der Waals surface area contributed by atoms with Gasteiger partial charge in [-0.1, -0.05) is 6.07 Å². The van der Waals surface area contributed by atoms with Gasteiger partial charge in [0.2, 0.25) is 15.9 Å². The molecule has 1 aromatic carbocycles. The lowest BCUT2D eigenvalue weighted by Gasteiger charge is -2.30. The van der Waals surface area contributed by atoms with E-state index < -0.39 is 10.0 Å². The van der Waals surface area contributed by atoms with Gasteiger partial charge in [0.05, 0.1) is 25.0 Å². The highest BCUT2D eigenvalue weighted by molar-refractivity contribution is 7.88. The van der Waals surface area contributed by atoms with E-state index in [1.54, 1.807) is 13.2 Å². The van der Waals surface area contributed by atoms with Crippen molar-refractivity contribution in [2.75, 3.05) is 31.8 Å². The van der Waals surface area contributed by atoms with Gasteiger partial charge in [-0.2, -0.15) is 0 Å². The number of aryl methyl sites for hydroxylation is 1. The van der Waals surface area contributed by atoms with Crippen LogP contribution in [0, 0.1) is 12.8 Å². The first-order chi connectivity index (χ1) is 10.3. The van der Waals surface area contributed by atoms with E-state index in [-0.39, 0.29) is 18.4 Å². The number of amides is 1. The van der Waals surface area contributed by atoms with Gasteiger partial charge in [-0.3, -0.25) is 4.79 Å². The number of piperidine rings is 1. The molecule has 6 nitrogen and oxygen atoms in total. The van der Waals surface area contributed by atoms with E-state index in [9.17, 15) is 13.2 Å². The Morgan fingerprint density at radius 3 is 2.77 bits per heavy atom. The molecule has 22 heavy (non-hydrogen) atoms. The number of benzene rings is 1. The van der Waals surface area contributed by atoms with Crippen LogP contribution in [0.1, 0.15) is 18.4 Å². The first kappa shape index (κ1) is 16.8. The van der Waals surface area contributed by atoms with Crippen molar-refractivity contribution in [3.8, 4) is 5.75 Å². The zero-order chi connectivity index (χ0) is 16.3. The second-order valence-corrected chi connectivity index (χ2v) is 7.64. The quantitative estimate of drug-likeness (QED) is 0.912. The molecule has 0 unspecified atom stereocenters. The molecule has 1 saturated heterocycles. The predicted molar refractivity (Wildman–Crippen MR) is 85.5 cm³/mol. The van der Waals surface area contributed by atoms with Gasteiger partial charge in [-0.15, -0.1) is 0 Å². The molecule has 122 valence electrons. The molecule has 7 heteroatoms. The molecule has 1 aliphatic heterocycles. The zero-order valence-corrected chi connectivity index (χ0v) is 13.9. The summed E-state index contributed by atoms with van der Waals surface area (Å²) in [5.41, 5.74) is 1.63. The summed E-state index contributed by atoms with van der Waals surface area (Å²) in [6.45, 7) is 2.65. The molecule has 1 amide bonds. The lowest BCUT2D eigenvalue weighted by molar-refractivity contribution is -0.120. The third-order valence-electron chi connectivity index (χ3n) is 3.84. The van der Waals surface area contributed by atoms with Gasteiger partial charge in [0.25, 0.3) is 0 Å². The van der Waals surface area contributed by atoms with Crippen LogP contribution in [0.25, 0.3) is 0 Å². The van der Waals surface area contributed by atoms with Crippen LogP contribution < -0.4 is 10.1 Å². The minimum Gasteiger partial charge on any atom is -0.495 e. The second-order valence-electron chi connectivity index (χ2n) is 5.65. The van der Waals surface area contributed by atoms with Gasteiger partial charge in [-0.05, 0) is 37.5 Å². The predicted octanol–water partition coefficient (Wildman–Crippen LogP) is 1.61. The molecule has 0 aromatic heterocycles. The maximum absolute atomic E-state index is 12.4. The number of carbonyl (C=O) groups is 1. The minimum atomic E-state index is -3.26. The fourth-order valence-corrected chi connectivity index (χ4v) is 3.52. The summed E-state index contributed by atoms with van der Waals surface area (Å²) in [5.74, 6) is 0.0840. The summed E-state index contributed by atoms with van der Waals surface area (Å²) in [6, 6.07) is 5.54. The van der Waals surface area contributed by atoms with Crippen molar-refractivity contribution in [2.24, 2.45) is 5.92 Å². The fourth-order valence-electron chi connectivity index (χ4n) is 2.61. The maximum atomic E-state index is 12.4. The Morgan fingerprint density at radius 1 is 1.41 bits per heavy atom. The topological polar surface area (TPSA) is 75.7 Å². The summed E-state index contributed by atoms with van der Waals surface area (Å²) >= 11 is 0. The fraction of sp³-hybridized carbons (Fsp3) is 0.533. The monoisotopic (exact) mass is 326 g/mol. The number of sulfonamides is 1. The summed E-state index contributed by atoms with van der Waals surface area (Å²) in [4.78, 5) is 12.4. The molecule has 0 aliphatic carbocycles. The van der Waals surface area contributed by atoms with Crippen LogP contribution in [0.3, 0.4) is 0 Å². The number of hydrogen-bond donors (Lipinski definition) is 1. The van der Waals surface area contributed by atoms with Crippen LogP contribution in [-0.4, -0.2) is 45.1 Å². The Hall–Kier alpha value is -1.60. The highest BCUT2D eigenvalue weighted by Gasteiger charge is 2.30. The Bertz CT molecular complexity index is 658. The van der Waals surface area contributed by atoms with E-state index in [0.29, 0.717) is 30.8 Å². The molecule has 2 rings (SSSR count). The number of nitrogens with zero attached hydrogens (tertiary/aromatic N) is 1. The molecule has 0 radical (unpaired) electrons. The van der Waals surface area contributed by atoms with E-state index in [1.165, 1.54) is 10.6 Å². The maximum Gasteiger partial charge on any atom is 0.228 e. The third-order valence-corrected chi connectivity index (χ3v) is 5.11. The van der Waals surface area contributed by atoms with Crippen LogP contribution in [-0.2, 0) is 14.8 Å². The molecule has 1 N–H and O–H groups in total. The third kappa shape index (κ3) is 3.98. The molecular formula is C15H22N2O4S. The number of carbonyl (C=O) groups excluding carboxylic acids is 1. The van der Waals surface area contributed by atoms with E-state index in [0.717, 1.165) is 5.56 Å². The van der Waals surface area contributed by atoms with Crippen molar-refractivity contribution in [3.63, 3.8) is 0 Å². The summed E-state index contributed by atoms with van der Waals surface area (Å²) in [7, 11) is -1.71. The highest BCUT2D eigenvalue weighted by atomic mass is 32.2. The Morgan fingerprint density at radius 2 is 2.14 bits per heavy atom. The van der Waals surface area contributed by atoms with Crippen LogP contribution in [0.4, 0.5) is 5.69 Å². The molecule has 1 aromatic rings. The van der Waals surface area contributed by atoms with Crippen molar-refractivity contribution in [1.29, 1.82) is 0 Å².